The van der Waals surface area contributed by atoms with Gasteiger partial charge in [-0.3, -0.25) is 4.79 Å². The molecule has 0 bridgehead atoms. The van der Waals surface area contributed by atoms with E-state index in [4.69, 9.17) is 9.31 Å². The van der Waals surface area contributed by atoms with Crippen molar-refractivity contribution in [1.82, 2.24) is 10.3 Å². The second-order valence-electron chi connectivity index (χ2n) is 5.93. The molecule has 1 aliphatic rings. The van der Waals surface area contributed by atoms with Crippen molar-refractivity contribution in [2.24, 2.45) is 0 Å². The lowest BCUT2D eigenvalue weighted by Gasteiger charge is -2.32. The number of nitrogens with one attached hydrogen (secondary N) is 2. The van der Waals surface area contributed by atoms with Gasteiger partial charge in [0.15, 0.2) is 0 Å². The van der Waals surface area contributed by atoms with E-state index >= 15 is 0 Å². The third-order valence-electron chi connectivity index (χ3n) is 4.01. The fourth-order valence-corrected chi connectivity index (χ4v) is 2.05. The Labute approximate surface area is 114 Å². The van der Waals surface area contributed by atoms with E-state index in [2.05, 4.69) is 10.3 Å². The van der Waals surface area contributed by atoms with Crippen LogP contribution in [0, 0.1) is 6.92 Å². The highest BCUT2D eigenvalue weighted by Gasteiger charge is 2.52. The van der Waals surface area contributed by atoms with Gasteiger partial charge in [-0.05, 0) is 40.7 Å². The molecule has 1 fully saturated rings. The predicted molar refractivity (Wildman–Crippen MR) is 74.6 cm³/mol. The zero-order chi connectivity index (χ0) is 14.4. The van der Waals surface area contributed by atoms with Crippen molar-refractivity contribution in [3.8, 4) is 0 Å². The monoisotopic (exact) mass is 264 g/mol. The van der Waals surface area contributed by atoms with Gasteiger partial charge in [-0.2, -0.15) is 0 Å². The molecule has 19 heavy (non-hydrogen) atoms. The largest absolute Gasteiger partial charge is 0.512 e. The molecule has 0 spiro atoms. The van der Waals surface area contributed by atoms with Crippen LogP contribution in [0.1, 0.15) is 43.7 Å². The van der Waals surface area contributed by atoms with Crippen LogP contribution in [0.5, 0.6) is 0 Å². The Morgan fingerprint density at radius 2 is 1.79 bits per heavy atom. The van der Waals surface area contributed by atoms with Crippen molar-refractivity contribution in [2.75, 3.05) is 7.05 Å². The molecule has 0 radical (unpaired) electrons. The normalized spacial score (nSPS) is 20.6. The molecule has 0 unspecified atom stereocenters. The zero-order valence-corrected chi connectivity index (χ0v) is 12.4. The summed E-state index contributed by atoms with van der Waals surface area (Å²) in [5, 5.41) is 2.62. The van der Waals surface area contributed by atoms with Gasteiger partial charge in [0.25, 0.3) is 5.91 Å². The van der Waals surface area contributed by atoms with E-state index in [1.807, 2.05) is 34.6 Å². The Hall–Kier alpha value is -1.27. The van der Waals surface area contributed by atoms with E-state index in [1.165, 1.54) is 0 Å². The number of H-pyrrole nitrogens is 1. The molecular formula is C13H21BN2O3. The van der Waals surface area contributed by atoms with Crippen molar-refractivity contribution in [3.63, 3.8) is 0 Å². The van der Waals surface area contributed by atoms with Crippen LogP contribution in [0.3, 0.4) is 0 Å². The molecule has 6 heteroatoms. The number of carbonyl (C=O) groups is 1. The third kappa shape index (κ3) is 2.30. The van der Waals surface area contributed by atoms with Crippen LogP contribution < -0.4 is 10.9 Å². The summed E-state index contributed by atoms with van der Waals surface area (Å²) >= 11 is 0. The van der Waals surface area contributed by atoms with Crippen LogP contribution >= 0.6 is 0 Å². The molecule has 1 aromatic heterocycles. The maximum absolute atomic E-state index is 11.7. The Kier molecular flexibility index (Phi) is 3.27. The number of rotatable bonds is 2. The molecule has 0 atom stereocenters. The number of hydrogen-bond acceptors (Lipinski definition) is 3. The number of aryl methyl sites for hydroxylation is 1. The highest BCUT2D eigenvalue weighted by molar-refractivity contribution is 6.61. The van der Waals surface area contributed by atoms with Crippen molar-refractivity contribution in [2.45, 2.75) is 45.8 Å². The molecule has 1 amide bonds. The van der Waals surface area contributed by atoms with Crippen molar-refractivity contribution < 1.29 is 14.1 Å². The molecule has 2 heterocycles. The van der Waals surface area contributed by atoms with E-state index in [1.54, 1.807) is 13.1 Å². The lowest BCUT2D eigenvalue weighted by Crippen LogP contribution is -2.41. The fourth-order valence-electron chi connectivity index (χ4n) is 2.05. The van der Waals surface area contributed by atoms with Crippen LogP contribution in [0.2, 0.25) is 0 Å². The Bertz CT molecular complexity index is 492. The van der Waals surface area contributed by atoms with Gasteiger partial charge in [-0.1, -0.05) is 0 Å². The Balaban J connectivity index is 2.28. The van der Waals surface area contributed by atoms with Crippen LogP contribution in [0.25, 0.3) is 0 Å². The van der Waals surface area contributed by atoms with E-state index in [-0.39, 0.29) is 17.1 Å². The summed E-state index contributed by atoms with van der Waals surface area (Å²) in [6.45, 7) is 9.87. The van der Waals surface area contributed by atoms with Crippen LogP contribution in [0.15, 0.2) is 6.07 Å². The predicted octanol–water partition coefficient (Wildman–Crippen LogP) is 0.982. The van der Waals surface area contributed by atoms with Gasteiger partial charge in [0, 0.05) is 18.3 Å². The van der Waals surface area contributed by atoms with E-state index in [0.717, 1.165) is 11.3 Å². The number of aromatic nitrogens is 1. The minimum Gasteiger partial charge on any atom is -0.398 e. The van der Waals surface area contributed by atoms with Crippen molar-refractivity contribution in [3.05, 3.63) is 17.3 Å². The van der Waals surface area contributed by atoms with Gasteiger partial charge in [-0.25, -0.2) is 0 Å². The molecule has 2 rings (SSSR count). The van der Waals surface area contributed by atoms with Gasteiger partial charge >= 0.3 is 7.12 Å². The SMILES string of the molecule is CNC(=O)c1cc(B2OC(C)(C)C(C)(C)O2)[nH]c1C. The summed E-state index contributed by atoms with van der Waals surface area (Å²) in [5.74, 6) is -0.114. The number of hydrogen-bond donors (Lipinski definition) is 2. The summed E-state index contributed by atoms with van der Waals surface area (Å²) in [6.07, 6.45) is 0. The number of carbonyl (C=O) groups excluding carboxylic acids is 1. The molecule has 0 saturated carbocycles. The summed E-state index contributed by atoms with van der Waals surface area (Å²) in [7, 11) is 1.14. The van der Waals surface area contributed by atoms with Crippen LogP contribution in [-0.4, -0.2) is 36.3 Å². The highest BCUT2D eigenvalue weighted by atomic mass is 16.7. The smallest absolute Gasteiger partial charge is 0.398 e. The average Bonchev–Trinajstić information content (AvgIpc) is 2.77. The topological polar surface area (TPSA) is 63.4 Å². The number of amides is 1. The molecule has 1 saturated heterocycles. The van der Waals surface area contributed by atoms with Crippen molar-refractivity contribution >= 4 is 18.6 Å². The Morgan fingerprint density at radius 3 is 2.26 bits per heavy atom. The lowest BCUT2D eigenvalue weighted by molar-refractivity contribution is 0.00578. The first-order valence-corrected chi connectivity index (χ1v) is 6.45. The lowest BCUT2D eigenvalue weighted by atomic mass is 9.85. The average molecular weight is 264 g/mol. The van der Waals surface area contributed by atoms with Gasteiger partial charge < -0.3 is 19.6 Å². The summed E-state index contributed by atoms with van der Waals surface area (Å²) < 4.78 is 11.9. The maximum Gasteiger partial charge on any atom is 0.512 e. The van der Waals surface area contributed by atoms with E-state index < -0.39 is 7.12 Å². The van der Waals surface area contributed by atoms with Gasteiger partial charge in [-0.15, -0.1) is 0 Å². The first-order chi connectivity index (χ1) is 8.68. The van der Waals surface area contributed by atoms with Crippen LogP contribution in [-0.2, 0) is 9.31 Å². The van der Waals surface area contributed by atoms with Gasteiger partial charge in [0.2, 0.25) is 0 Å². The third-order valence-corrected chi connectivity index (χ3v) is 4.01. The molecule has 104 valence electrons. The quantitative estimate of drug-likeness (QED) is 0.783. The van der Waals surface area contributed by atoms with E-state index in [9.17, 15) is 4.79 Å². The number of aromatic amines is 1. The first kappa shape index (κ1) is 14.2. The standard InChI is InChI=1S/C13H21BN2O3/c1-8-9(11(17)15-6)7-10(16-8)14-18-12(2,3)13(4,5)19-14/h7,16H,1-6H3,(H,15,17). The zero-order valence-electron chi connectivity index (χ0n) is 12.4. The molecule has 0 aliphatic carbocycles. The van der Waals surface area contributed by atoms with Gasteiger partial charge in [0.1, 0.15) is 0 Å². The summed E-state index contributed by atoms with van der Waals surface area (Å²) in [5.41, 5.74) is 1.43. The summed E-state index contributed by atoms with van der Waals surface area (Å²) in [6, 6.07) is 1.79. The molecule has 5 nitrogen and oxygen atoms in total. The molecule has 1 aliphatic heterocycles. The second kappa shape index (κ2) is 4.39. The summed E-state index contributed by atoms with van der Waals surface area (Å²) in [4.78, 5) is 14.9. The molecule has 1 aromatic rings. The maximum atomic E-state index is 11.7. The Morgan fingerprint density at radius 1 is 1.26 bits per heavy atom. The molecule has 0 aromatic carbocycles. The second-order valence-corrected chi connectivity index (χ2v) is 5.93. The van der Waals surface area contributed by atoms with E-state index in [0.29, 0.717) is 5.56 Å². The van der Waals surface area contributed by atoms with Gasteiger partial charge in [0.05, 0.1) is 16.8 Å². The van der Waals surface area contributed by atoms with Crippen LogP contribution in [0.4, 0.5) is 0 Å². The fraction of sp³-hybridized carbons (Fsp3) is 0.615. The minimum absolute atomic E-state index is 0.114. The van der Waals surface area contributed by atoms with Crippen molar-refractivity contribution in [1.29, 1.82) is 0 Å². The first-order valence-electron chi connectivity index (χ1n) is 6.45. The molecular weight excluding hydrogens is 243 g/mol. The molecule has 2 N–H and O–H groups in total. The highest BCUT2D eigenvalue weighted by Crippen LogP contribution is 2.36. The minimum atomic E-state index is -0.470.